The molecule has 17 heteroatoms. The Morgan fingerprint density at radius 3 is 2.44 bits per heavy atom. The second kappa shape index (κ2) is 12.0. The Morgan fingerprint density at radius 2 is 1.78 bits per heavy atom. The summed E-state index contributed by atoms with van der Waals surface area (Å²) >= 11 is 0. The number of hydrogen-bond acceptors (Lipinski definition) is 9. The van der Waals surface area contributed by atoms with Crippen molar-refractivity contribution >= 4 is 38.5 Å². The van der Waals surface area contributed by atoms with Gasteiger partial charge in [0.25, 0.3) is 21.5 Å². The Hall–Kier alpha value is -5.84. The number of aryl methyl sites for hydroxylation is 1. The van der Waals surface area contributed by atoms with Gasteiger partial charge in [-0.15, -0.1) is 0 Å². The average Bonchev–Trinajstić information content (AvgIpc) is 3.02. The van der Waals surface area contributed by atoms with Crippen LogP contribution < -0.4 is 21.3 Å². The molecule has 3 N–H and O–H groups in total. The molecule has 1 atom stereocenters. The Bertz CT molecular complexity index is 2190. The Labute approximate surface area is 251 Å². The summed E-state index contributed by atoms with van der Waals surface area (Å²) in [6.07, 6.45) is 4.73. The molecule has 0 saturated carbocycles. The molecule has 0 saturated heterocycles. The second-order valence-electron chi connectivity index (χ2n) is 9.54. The van der Waals surface area contributed by atoms with Crippen LogP contribution in [0.5, 0.6) is 0 Å². The van der Waals surface area contributed by atoms with Gasteiger partial charge in [0.1, 0.15) is 17.7 Å². The first kappa shape index (κ1) is 30.6. The van der Waals surface area contributed by atoms with E-state index in [-0.39, 0.29) is 16.8 Å². The number of carboxylic acids is 1. The van der Waals surface area contributed by atoms with E-state index in [4.69, 9.17) is 0 Å². The minimum atomic E-state index is -4.38. The van der Waals surface area contributed by atoms with E-state index in [0.717, 1.165) is 10.6 Å². The number of carbonyl (C=O) groups is 2. The van der Waals surface area contributed by atoms with Crippen molar-refractivity contribution in [2.75, 3.05) is 4.72 Å². The highest BCUT2D eigenvalue weighted by Gasteiger charge is 2.26. The molecule has 0 aliphatic carbocycles. The van der Waals surface area contributed by atoms with E-state index >= 15 is 0 Å². The van der Waals surface area contributed by atoms with Gasteiger partial charge in [-0.05, 0) is 36.4 Å². The molecule has 0 unspecified atom stereocenters. The van der Waals surface area contributed by atoms with Gasteiger partial charge in [-0.2, -0.15) is 8.42 Å². The number of rotatable bonds is 9. The van der Waals surface area contributed by atoms with E-state index in [1.165, 1.54) is 66.7 Å². The molecule has 0 aliphatic rings. The fourth-order valence-corrected chi connectivity index (χ4v) is 5.35. The highest BCUT2D eigenvalue weighted by molar-refractivity contribution is 7.92. The highest BCUT2D eigenvalue weighted by atomic mass is 32.2. The number of carbonyl (C=O) groups excluding carboxylic acids is 1. The molecular weight excluding hydrogens is 616 g/mol. The number of carboxylic acid groups (broad SMARTS) is 1. The van der Waals surface area contributed by atoms with Crippen LogP contribution in [0, 0.1) is 11.6 Å². The zero-order valence-corrected chi connectivity index (χ0v) is 23.8. The molecular formula is C28H21F2N7O7S. The van der Waals surface area contributed by atoms with Gasteiger partial charge in [-0.3, -0.25) is 28.8 Å². The van der Waals surface area contributed by atoms with Crippen LogP contribution in [0.4, 0.5) is 14.5 Å². The van der Waals surface area contributed by atoms with E-state index in [2.05, 4.69) is 20.3 Å². The zero-order chi connectivity index (χ0) is 32.5. The van der Waals surface area contributed by atoms with Gasteiger partial charge >= 0.3 is 11.7 Å². The molecule has 0 bridgehead atoms. The number of nitrogens with one attached hydrogen (secondary N) is 2. The lowest BCUT2D eigenvalue weighted by Gasteiger charge is -2.16. The van der Waals surface area contributed by atoms with E-state index < -0.39 is 73.5 Å². The third-order valence-corrected chi connectivity index (χ3v) is 7.90. The van der Waals surface area contributed by atoms with Gasteiger partial charge in [-0.25, -0.2) is 27.9 Å². The lowest BCUT2D eigenvalue weighted by atomic mass is 10.1. The van der Waals surface area contributed by atoms with Crippen molar-refractivity contribution in [1.82, 2.24) is 29.4 Å². The summed E-state index contributed by atoms with van der Waals surface area (Å²) in [7, 11) is -2.92. The SMILES string of the molecule is Cn1c(=O)n(-c2ccc(C[C@H](NC(=O)c3cc(F)c(NS(=O)(=O)c4ccccn4)cc3F)C(=O)O)nc2)c(=O)c2ccncc21. The van der Waals surface area contributed by atoms with Crippen LogP contribution in [0.25, 0.3) is 16.6 Å². The number of pyridine rings is 3. The number of amides is 1. The minimum absolute atomic E-state index is 0.0929. The minimum Gasteiger partial charge on any atom is -0.480 e. The average molecular weight is 638 g/mol. The predicted octanol–water partition coefficient (Wildman–Crippen LogP) is 1.38. The van der Waals surface area contributed by atoms with Crippen LogP contribution in [0.1, 0.15) is 16.1 Å². The van der Waals surface area contributed by atoms with Crippen molar-refractivity contribution in [3.8, 4) is 5.69 Å². The van der Waals surface area contributed by atoms with Crippen molar-refractivity contribution < 1.29 is 31.9 Å². The van der Waals surface area contributed by atoms with Crippen molar-refractivity contribution in [2.45, 2.75) is 17.5 Å². The normalized spacial score (nSPS) is 12.1. The standard InChI is InChI=1S/C28H21F2N7O7S/c1-36-23-14-31-9-7-17(23)26(39)37(28(36)42)16-6-5-15(33-13-16)10-22(27(40)41)34-25(38)18-11-20(30)21(12-19(18)29)35-45(43,44)24-4-2-3-8-32-24/h2-9,11-14,22,35H,10H2,1H3,(H,34,38)(H,40,41)/t22-/m0/s1. The Balaban J connectivity index is 1.34. The maximum absolute atomic E-state index is 14.8. The van der Waals surface area contributed by atoms with Crippen molar-refractivity contribution in [3.63, 3.8) is 0 Å². The van der Waals surface area contributed by atoms with Crippen LogP contribution in [0.3, 0.4) is 0 Å². The van der Waals surface area contributed by atoms with Crippen molar-refractivity contribution in [1.29, 1.82) is 0 Å². The molecule has 1 amide bonds. The maximum Gasteiger partial charge on any atom is 0.335 e. The van der Waals surface area contributed by atoms with Gasteiger partial charge in [0.2, 0.25) is 0 Å². The largest absolute Gasteiger partial charge is 0.480 e. The summed E-state index contributed by atoms with van der Waals surface area (Å²) in [5, 5.41) is 11.5. The number of aliphatic carboxylic acids is 1. The fourth-order valence-electron chi connectivity index (χ4n) is 4.34. The summed E-state index contributed by atoms with van der Waals surface area (Å²) in [6, 6.07) is 7.32. The molecule has 4 heterocycles. The van der Waals surface area contributed by atoms with Gasteiger partial charge < -0.3 is 10.4 Å². The van der Waals surface area contributed by atoms with E-state index in [1.54, 1.807) is 0 Å². The van der Waals surface area contributed by atoms with Crippen LogP contribution in [-0.4, -0.2) is 55.5 Å². The topological polar surface area (TPSA) is 195 Å². The molecule has 4 aromatic heterocycles. The smallest absolute Gasteiger partial charge is 0.335 e. The summed E-state index contributed by atoms with van der Waals surface area (Å²) in [5.41, 5.74) is -2.44. The van der Waals surface area contributed by atoms with Crippen molar-refractivity contribution in [3.05, 3.63) is 117 Å². The fraction of sp³-hybridized carbons (Fsp3) is 0.107. The number of anilines is 1. The van der Waals surface area contributed by atoms with Crippen molar-refractivity contribution in [2.24, 2.45) is 7.05 Å². The molecule has 45 heavy (non-hydrogen) atoms. The lowest BCUT2D eigenvalue weighted by molar-refractivity contribution is -0.139. The number of fused-ring (bicyclic) bond motifs is 1. The number of aromatic nitrogens is 5. The monoisotopic (exact) mass is 637 g/mol. The number of hydrogen-bond donors (Lipinski definition) is 3. The van der Waals surface area contributed by atoms with Gasteiger partial charge in [-0.1, -0.05) is 6.07 Å². The quantitative estimate of drug-likeness (QED) is 0.212. The third kappa shape index (κ3) is 6.14. The first-order chi connectivity index (χ1) is 21.4. The summed E-state index contributed by atoms with van der Waals surface area (Å²) in [5.74, 6) is -5.47. The first-order valence-electron chi connectivity index (χ1n) is 12.8. The van der Waals surface area contributed by atoms with E-state index in [0.29, 0.717) is 17.6 Å². The molecule has 0 radical (unpaired) electrons. The van der Waals surface area contributed by atoms with Crippen LogP contribution in [-0.2, 0) is 28.3 Å². The number of benzene rings is 1. The zero-order valence-electron chi connectivity index (χ0n) is 23.0. The van der Waals surface area contributed by atoms with Crippen LogP contribution >= 0.6 is 0 Å². The molecule has 5 aromatic rings. The van der Waals surface area contributed by atoms with Crippen LogP contribution in [0.2, 0.25) is 0 Å². The summed E-state index contributed by atoms with van der Waals surface area (Å²) in [6.45, 7) is 0. The molecule has 0 aliphatic heterocycles. The number of halogens is 2. The van der Waals surface area contributed by atoms with Gasteiger partial charge in [0.15, 0.2) is 5.03 Å². The Morgan fingerprint density at radius 1 is 1.00 bits per heavy atom. The summed E-state index contributed by atoms with van der Waals surface area (Å²) in [4.78, 5) is 62.2. The molecule has 5 rings (SSSR count). The first-order valence-corrected chi connectivity index (χ1v) is 14.3. The number of nitrogens with zero attached hydrogens (tertiary/aromatic N) is 5. The Kier molecular flexibility index (Phi) is 8.19. The number of sulfonamides is 1. The highest BCUT2D eigenvalue weighted by Crippen LogP contribution is 2.22. The predicted molar refractivity (Wildman–Crippen MR) is 154 cm³/mol. The molecule has 0 spiro atoms. The molecule has 0 fully saturated rings. The second-order valence-corrected chi connectivity index (χ2v) is 11.2. The molecule has 14 nitrogen and oxygen atoms in total. The lowest BCUT2D eigenvalue weighted by Crippen LogP contribution is -2.42. The maximum atomic E-state index is 14.8. The van der Waals surface area contributed by atoms with E-state index in [9.17, 15) is 41.5 Å². The van der Waals surface area contributed by atoms with Gasteiger partial charge in [0, 0.05) is 37.6 Å². The van der Waals surface area contributed by atoms with Gasteiger partial charge in [0.05, 0.1) is 40.2 Å². The summed E-state index contributed by atoms with van der Waals surface area (Å²) < 4.78 is 58.4. The van der Waals surface area contributed by atoms with E-state index in [1.807, 2.05) is 4.72 Å². The molecule has 230 valence electrons. The van der Waals surface area contributed by atoms with Crippen LogP contribution in [0.15, 0.2) is 87.9 Å². The molecule has 1 aromatic carbocycles. The third-order valence-electron chi connectivity index (χ3n) is 6.62.